The Morgan fingerprint density at radius 3 is 1.62 bits per heavy atom. The molecule has 34 heavy (non-hydrogen) atoms. The van der Waals surface area contributed by atoms with Gasteiger partial charge >= 0.3 is 0 Å². The molecule has 1 heterocycles. The zero-order valence-electron chi connectivity index (χ0n) is 22.0. The molecule has 3 rings (SSSR count). The molecule has 0 fully saturated rings. The Kier molecular flexibility index (Phi) is 8.30. The van der Waals surface area contributed by atoms with Crippen molar-refractivity contribution in [3.63, 3.8) is 0 Å². The number of nitrogens with one attached hydrogen (secondary N) is 3. The van der Waals surface area contributed by atoms with Gasteiger partial charge in [0.25, 0.3) is 0 Å². The van der Waals surface area contributed by atoms with Crippen molar-refractivity contribution in [1.29, 1.82) is 0 Å². The number of aromatic hydroxyl groups is 2. The molecule has 0 radical (unpaired) electrons. The molecular weight excluding hydrogens is 424 g/mol. The first-order valence-electron chi connectivity index (χ1n) is 12.5. The van der Waals surface area contributed by atoms with Gasteiger partial charge in [0.15, 0.2) is 0 Å². The van der Waals surface area contributed by atoms with Crippen LogP contribution in [0.15, 0.2) is 36.4 Å². The maximum absolute atomic E-state index is 11.2. The van der Waals surface area contributed by atoms with Crippen LogP contribution in [-0.2, 0) is 26.2 Å². The summed E-state index contributed by atoms with van der Waals surface area (Å²) in [6.07, 6.45) is 0.0418. The summed E-state index contributed by atoms with van der Waals surface area (Å²) in [4.78, 5) is 2.36. The predicted octanol–water partition coefficient (Wildman–Crippen LogP) is 4.65. The van der Waals surface area contributed by atoms with E-state index in [1.54, 1.807) is 0 Å². The van der Waals surface area contributed by atoms with Gasteiger partial charge in [0.1, 0.15) is 11.5 Å². The van der Waals surface area contributed by atoms with Gasteiger partial charge in [-0.05, 0) is 17.4 Å². The van der Waals surface area contributed by atoms with Gasteiger partial charge in [-0.1, -0.05) is 84.9 Å². The monoisotopic (exact) mass is 468 g/mol. The third kappa shape index (κ3) is 6.30. The van der Waals surface area contributed by atoms with Crippen LogP contribution in [0.5, 0.6) is 11.5 Å². The van der Waals surface area contributed by atoms with Gasteiger partial charge in [-0.3, -0.25) is 20.9 Å². The number of rotatable bonds is 1. The molecule has 5 N–H and O–H groups in total. The maximum Gasteiger partial charge on any atom is 0.124 e. The van der Waals surface area contributed by atoms with Gasteiger partial charge in [-0.25, -0.2) is 0 Å². The van der Waals surface area contributed by atoms with E-state index in [0.29, 0.717) is 37.7 Å². The summed E-state index contributed by atoms with van der Waals surface area (Å²) in [7, 11) is 0. The van der Waals surface area contributed by atoms with Crippen molar-refractivity contribution in [2.75, 3.05) is 6.54 Å². The van der Waals surface area contributed by atoms with E-state index in [9.17, 15) is 10.2 Å². The number of hydrogen-bond donors (Lipinski definition) is 5. The van der Waals surface area contributed by atoms with Crippen LogP contribution in [0.25, 0.3) is 0 Å². The summed E-state index contributed by atoms with van der Waals surface area (Å²) in [5.74, 6) is 0.713. The Hall–Kier alpha value is -2.12. The third-order valence-corrected chi connectivity index (χ3v) is 6.72. The molecule has 0 saturated heterocycles. The Bertz CT molecular complexity index is 962. The van der Waals surface area contributed by atoms with Crippen molar-refractivity contribution in [2.45, 2.75) is 87.0 Å². The number of benzene rings is 2. The van der Waals surface area contributed by atoms with Crippen LogP contribution in [0.1, 0.15) is 70.7 Å². The third-order valence-electron chi connectivity index (χ3n) is 6.72. The Balaban J connectivity index is 2.03. The largest absolute Gasteiger partial charge is 0.507 e. The summed E-state index contributed by atoms with van der Waals surface area (Å²) in [5, 5.41) is 33.1. The second-order valence-electron chi connectivity index (χ2n) is 11.6. The first-order chi connectivity index (χ1) is 15.9. The van der Waals surface area contributed by atoms with Gasteiger partial charge in [0, 0.05) is 48.4 Å². The van der Waals surface area contributed by atoms with Crippen LogP contribution in [0.3, 0.4) is 0 Å². The zero-order chi connectivity index (χ0) is 25.1. The lowest BCUT2D eigenvalue weighted by Crippen LogP contribution is -2.52. The fourth-order valence-electron chi connectivity index (χ4n) is 4.75. The highest BCUT2D eigenvalue weighted by Crippen LogP contribution is 2.30. The molecule has 188 valence electrons. The molecule has 0 saturated carbocycles. The minimum Gasteiger partial charge on any atom is -0.507 e. The van der Waals surface area contributed by atoms with Crippen molar-refractivity contribution < 1.29 is 10.2 Å². The number of phenolic OH excluding ortho intramolecular Hbond substituents is 2. The van der Waals surface area contributed by atoms with Crippen molar-refractivity contribution in [3.8, 4) is 11.5 Å². The van der Waals surface area contributed by atoms with E-state index >= 15 is 0 Å². The molecule has 1 aliphatic rings. The normalized spacial score (nSPS) is 21.4. The summed E-state index contributed by atoms with van der Waals surface area (Å²) in [6.45, 7) is 18.5. The van der Waals surface area contributed by atoms with Gasteiger partial charge in [-0.15, -0.1) is 0 Å². The molecule has 6 heteroatoms. The maximum atomic E-state index is 11.2. The molecular formula is C28H44N4O2. The summed E-state index contributed by atoms with van der Waals surface area (Å²) < 4.78 is 0. The molecule has 0 amide bonds. The lowest BCUT2D eigenvalue weighted by Gasteiger charge is -2.41. The van der Waals surface area contributed by atoms with E-state index in [4.69, 9.17) is 0 Å². The molecule has 0 aliphatic carbocycles. The Morgan fingerprint density at radius 2 is 1.18 bits per heavy atom. The fourth-order valence-corrected chi connectivity index (χ4v) is 4.75. The second kappa shape index (κ2) is 10.6. The van der Waals surface area contributed by atoms with Gasteiger partial charge in [0.05, 0.1) is 12.3 Å². The van der Waals surface area contributed by atoms with Crippen LogP contribution in [-0.4, -0.2) is 34.0 Å². The quantitative estimate of drug-likeness (QED) is 0.419. The van der Waals surface area contributed by atoms with Crippen molar-refractivity contribution in [1.82, 2.24) is 20.9 Å². The SMILES string of the molecule is CCN1Cc2cccc(c2O)CNC(C(C)(C)C)NCc2cccc(c2O)CNC1C(C)(C)C. The first-order valence-corrected chi connectivity index (χ1v) is 12.5. The summed E-state index contributed by atoms with van der Waals surface area (Å²) in [6, 6.07) is 12.0. The van der Waals surface area contributed by atoms with Gasteiger partial charge in [-0.2, -0.15) is 0 Å². The molecule has 4 bridgehead atoms. The Labute approximate surface area is 205 Å². The van der Waals surface area contributed by atoms with E-state index in [2.05, 4.69) is 69.3 Å². The smallest absolute Gasteiger partial charge is 0.124 e. The van der Waals surface area contributed by atoms with Crippen LogP contribution in [0.2, 0.25) is 0 Å². The standard InChI is InChI=1S/C28H44N4O2/c1-8-32-18-22-14-10-13-20(24(22)34)16-30-25(27(2,3)4)29-15-19-11-9-12-21(23(19)33)17-31-26(32)28(5,6)7/h9-14,25-26,29-31,33-34H,8,15-18H2,1-7H3. The fraction of sp³-hybridized carbons (Fsp3) is 0.571. The number of fused-ring (bicyclic) bond motifs is 4. The van der Waals surface area contributed by atoms with Gasteiger partial charge in [0.2, 0.25) is 0 Å². The molecule has 6 nitrogen and oxygen atoms in total. The molecule has 2 atom stereocenters. The lowest BCUT2D eigenvalue weighted by molar-refractivity contribution is 0.0667. The average Bonchev–Trinajstić information content (AvgIpc) is 2.74. The first kappa shape index (κ1) is 26.5. The molecule has 1 aliphatic heterocycles. The predicted molar refractivity (Wildman–Crippen MR) is 139 cm³/mol. The highest BCUT2D eigenvalue weighted by molar-refractivity contribution is 5.41. The van der Waals surface area contributed by atoms with Crippen LogP contribution in [0.4, 0.5) is 0 Å². The summed E-state index contributed by atoms with van der Waals surface area (Å²) >= 11 is 0. The van der Waals surface area contributed by atoms with Crippen molar-refractivity contribution in [2.24, 2.45) is 10.8 Å². The van der Waals surface area contributed by atoms with E-state index in [0.717, 1.165) is 28.8 Å². The average molecular weight is 469 g/mol. The van der Waals surface area contributed by atoms with Gasteiger partial charge < -0.3 is 10.2 Å². The van der Waals surface area contributed by atoms with E-state index in [1.807, 2.05) is 36.4 Å². The molecule has 2 aromatic rings. The van der Waals surface area contributed by atoms with Crippen LogP contribution in [0, 0.1) is 10.8 Å². The molecule has 0 aromatic heterocycles. The Morgan fingerprint density at radius 1 is 0.735 bits per heavy atom. The van der Waals surface area contributed by atoms with E-state index in [1.165, 1.54) is 0 Å². The minimum absolute atomic E-state index is 0.0120. The molecule has 0 spiro atoms. The summed E-state index contributed by atoms with van der Waals surface area (Å²) in [5.41, 5.74) is 3.47. The lowest BCUT2D eigenvalue weighted by atomic mass is 9.90. The molecule has 2 aromatic carbocycles. The number of phenols is 2. The number of nitrogens with zero attached hydrogens (tertiary/aromatic N) is 1. The highest BCUT2D eigenvalue weighted by Gasteiger charge is 2.31. The topological polar surface area (TPSA) is 79.8 Å². The second-order valence-corrected chi connectivity index (χ2v) is 11.6. The molecule has 2 unspecified atom stereocenters. The minimum atomic E-state index is -0.0631. The number of para-hydroxylation sites is 2. The van der Waals surface area contributed by atoms with Crippen LogP contribution < -0.4 is 16.0 Å². The number of hydrogen-bond acceptors (Lipinski definition) is 6. The van der Waals surface area contributed by atoms with Crippen molar-refractivity contribution >= 4 is 0 Å². The highest BCUT2D eigenvalue weighted by atomic mass is 16.3. The van der Waals surface area contributed by atoms with E-state index in [-0.39, 0.29) is 23.2 Å². The zero-order valence-corrected chi connectivity index (χ0v) is 22.0. The van der Waals surface area contributed by atoms with Crippen molar-refractivity contribution in [3.05, 3.63) is 58.7 Å². The van der Waals surface area contributed by atoms with Crippen LogP contribution >= 0.6 is 0 Å². The van der Waals surface area contributed by atoms with E-state index < -0.39 is 0 Å².